The van der Waals surface area contributed by atoms with Crippen LogP contribution in [0.1, 0.15) is 12.5 Å². The number of anilines is 2. The molecule has 140 valence electrons. The molecule has 1 atom stereocenters. The van der Waals surface area contributed by atoms with Crippen LogP contribution in [0.25, 0.3) is 0 Å². The number of rotatable bonds is 5. The molecule has 1 N–H and O–H groups in total. The number of nitrogens with one attached hydrogen (secondary N) is 1. The summed E-state index contributed by atoms with van der Waals surface area (Å²) in [6.07, 6.45) is 0.996. The van der Waals surface area contributed by atoms with E-state index in [9.17, 15) is 4.79 Å². The van der Waals surface area contributed by atoms with Crippen LogP contribution in [0.5, 0.6) is 5.75 Å². The summed E-state index contributed by atoms with van der Waals surface area (Å²) >= 11 is 0. The number of carbonyl (C=O) groups excluding carboxylic acids is 1. The zero-order chi connectivity index (χ0) is 19.2. The van der Waals surface area contributed by atoms with Crippen molar-refractivity contribution in [1.82, 2.24) is 9.88 Å². The van der Waals surface area contributed by atoms with E-state index in [1.807, 2.05) is 18.2 Å². The van der Waals surface area contributed by atoms with Crippen LogP contribution in [-0.2, 0) is 4.79 Å². The second kappa shape index (κ2) is 8.52. The number of carbonyl (C=O) groups is 1. The highest BCUT2D eigenvalue weighted by Gasteiger charge is 2.17. The lowest BCUT2D eigenvalue weighted by Gasteiger charge is -2.33. The van der Waals surface area contributed by atoms with Crippen molar-refractivity contribution in [1.29, 1.82) is 5.26 Å². The number of nitriles is 1. The predicted octanol–water partition coefficient (Wildman–Crippen LogP) is 2.11. The normalized spacial score (nSPS) is 15.7. The molecule has 1 aliphatic rings. The van der Waals surface area contributed by atoms with Crippen molar-refractivity contribution in [3.8, 4) is 11.8 Å². The molecule has 2 heterocycles. The first-order chi connectivity index (χ1) is 13.0. The number of benzene rings is 1. The Morgan fingerprint density at radius 1 is 1.19 bits per heavy atom. The number of amides is 1. The highest BCUT2D eigenvalue weighted by molar-refractivity contribution is 5.94. The summed E-state index contributed by atoms with van der Waals surface area (Å²) in [4.78, 5) is 21.3. The molecule has 0 bridgehead atoms. The van der Waals surface area contributed by atoms with E-state index >= 15 is 0 Å². The molecular formula is C20H23N5O2. The summed E-state index contributed by atoms with van der Waals surface area (Å²) in [5.41, 5.74) is 1.18. The number of hydrogen-bond acceptors (Lipinski definition) is 6. The van der Waals surface area contributed by atoms with E-state index in [4.69, 9.17) is 10.00 Å². The van der Waals surface area contributed by atoms with E-state index in [2.05, 4.69) is 27.1 Å². The van der Waals surface area contributed by atoms with Gasteiger partial charge in [0, 0.05) is 26.2 Å². The third-order valence-corrected chi connectivity index (χ3v) is 4.51. The summed E-state index contributed by atoms with van der Waals surface area (Å²) in [7, 11) is 2.12. The standard InChI is InChI=1S/C20H23N5O2/c1-15(27-18-6-3-16(13-21)4-7-18)20(26)23-17-5-8-19(22-14-17)25-11-9-24(2)10-12-25/h3-8,14-15H,9-12H2,1-2H3,(H,23,26)/t15-/m1/s1. The maximum Gasteiger partial charge on any atom is 0.265 e. The first kappa shape index (κ1) is 18.7. The molecule has 0 saturated carbocycles. The van der Waals surface area contributed by atoms with Crippen molar-refractivity contribution in [2.45, 2.75) is 13.0 Å². The molecule has 0 spiro atoms. The summed E-state index contributed by atoms with van der Waals surface area (Å²) < 4.78 is 5.62. The van der Waals surface area contributed by atoms with Gasteiger partial charge in [-0.05, 0) is 50.4 Å². The molecule has 0 aliphatic carbocycles. The molecule has 1 aliphatic heterocycles. The molecule has 27 heavy (non-hydrogen) atoms. The topological polar surface area (TPSA) is 81.5 Å². The predicted molar refractivity (Wildman–Crippen MR) is 104 cm³/mol. The summed E-state index contributed by atoms with van der Waals surface area (Å²) in [5, 5.41) is 11.6. The highest BCUT2D eigenvalue weighted by atomic mass is 16.5. The van der Waals surface area contributed by atoms with Gasteiger partial charge in [-0.3, -0.25) is 4.79 Å². The van der Waals surface area contributed by atoms with Crippen LogP contribution in [0.15, 0.2) is 42.6 Å². The first-order valence-electron chi connectivity index (χ1n) is 8.92. The maximum absolute atomic E-state index is 12.3. The van der Waals surface area contributed by atoms with Crippen molar-refractivity contribution in [3.63, 3.8) is 0 Å². The molecule has 0 unspecified atom stereocenters. The van der Waals surface area contributed by atoms with Crippen LogP contribution < -0.4 is 15.0 Å². The van der Waals surface area contributed by atoms with Gasteiger partial charge in [0.05, 0.1) is 23.5 Å². The summed E-state index contributed by atoms with van der Waals surface area (Å²) in [5.74, 6) is 1.21. The number of likely N-dealkylation sites (N-methyl/N-ethyl adjacent to an activating group) is 1. The van der Waals surface area contributed by atoms with Crippen molar-refractivity contribution < 1.29 is 9.53 Å². The number of hydrogen-bond donors (Lipinski definition) is 1. The van der Waals surface area contributed by atoms with Crippen LogP contribution in [0.3, 0.4) is 0 Å². The Morgan fingerprint density at radius 2 is 1.89 bits per heavy atom. The van der Waals surface area contributed by atoms with Crippen LogP contribution in [0.2, 0.25) is 0 Å². The van der Waals surface area contributed by atoms with Gasteiger partial charge in [-0.2, -0.15) is 5.26 Å². The van der Waals surface area contributed by atoms with Gasteiger partial charge in [0.15, 0.2) is 6.10 Å². The molecule has 7 nitrogen and oxygen atoms in total. The summed E-state index contributed by atoms with van der Waals surface area (Å²) in [6.45, 7) is 5.61. The molecule has 3 rings (SSSR count). The second-order valence-corrected chi connectivity index (χ2v) is 6.58. The Hall–Kier alpha value is -3.11. The third kappa shape index (κ3) is 4.96. The monoisotopic (exact) mass is 365 g/mol. The molecule has 1 aromatic carbocycles. The lowest BCUT2D eigenvalue weighted by atomic mass is 10.2. The smallest absolute Gasteiger partial charge is 0.265 e. The largest absolute Gasteiger partial charge is 0.481 e. The highest BCUT2D eigenvalue weighted by Crippen LogP contribution is 2.17. The minimum absolute atomic E-state index is 0.256. The van der Waals surface area contributed by atoms with Crippen molar-refractivity contribution in [2.75, 3.05) is 43.4 Å². The molecule has 1 saturated heterocycles. The zero-order valence-corrected chi connectivity index (χ0v) is 15.6. The van der Waals surface area contributed by atoms with Crippen molar-refractivity contribution in [3.05, 3.63) is 48.2 Å². The van der Waals surface area contributed by atoms with Crippen LogP contribution in [0, 0.1) is 11.3 Å². The molecular weight excluding hydrogens is 342 g/mol. The van der Waals surface area contributed by atoms with Gasteiger partial charge in [-0.15, -0.1) is 0 Å². The fourth-order valence-corrected chi connectivity index (χ4v) is 2.79. The quantitative estimate of drug-likeness (QED) is 0.874. The fraction of sp³-hybridized carbons (Fsp3) is 0.350. The van der Waals surface area contributed by atoms with Gasteiger partial charge in [0.2, 0.25) is 0 Å². The maximum atomic E-state index is 12.3. The Kier molecular flexibility index (Phi) is 5.89. The van der Waals surface area contributed by atoms with Gasteiger partial charge >= 0.3 is 0 Å². The minimum atomic E-state index is -0.671. The number of pyridine rings is 1. The number of nitrogens with zero attached hydrogens (tertiary/aromatic N) is 4. The van der Waals surface area contributed by atoms with Crippen LogP contribution >= 0.6 is 0 Å². The Balaban J connectivity index is 1.54. The summed E-state index contributed by atoms with van der Waals surface area (Å²) in [6, 6.07) is 12.5. The molecule has 1 amide bonds. The lowest BCUT2D eigenvalue weighted by Crippen LogP contribution is -2.44. The van der Waals surface area contributed by atoms with E-state index < -0.39 is 6.10 Å². The lowest BCUT2D eigenvalue weighted by molar-refractivity contribution is -0.122. The Labute approximate surface area is 159 Å². The van der Waals surface area contributed by atoms with Gasteiger partial charge in [0.25, 0.3) is 5.91 Å². The molecule has 0 radical (unpaired) electrons. The zero-order valence-electron chi connectivity index (χ0n) is 15.6. The molecule has 1 fully saturated rings. The van der Waals surface area contributed by atoms with Crippen molar-refractivity contribution in [2.24, 2.45) is 0 Å². The number of aromatic nitrogens is 1. The molecule has 2 aromatic rings. The van der Waals surface area contributed by atoms with E-state index in [0.29, 0.717) is 17.0 Å². The van der Waals surface area contributed by atoms with Gasteiger partial charge in [0.1, 0.15) is 11.6 Å². The van der Waals surface area contributed by atoms with Gasteiger partial charge in [-0.1, -0.05) is 0 Å². The average Bonchev–Trinajstić information content (AvgIpc) is 2.70. The van der Waals surface area contributed by atoms with Gasteiger partial charge in [-0.25, -0.2) is 4.98 Å². The second-order valence-electron chi connectivity index (χ2n) is 6.58. The minimum Gasteiger partial charge on any atom is -0.481 e. The van der Waals surface area contributed by atoms with Crippen LogP contribution in [0.4, 0.5) is 11.5 Å². The Morgan fingerprint density at radius 3 is 2.48 bits per heavy atom. The SMILES string of the molecule is C[C@@H](Oc1ccc(C#N)cc1)C(=O)Nc1ccc(N2CCN(C)CC2)nc1. The Bertz CT molecular complexity index is 806. The first-order valence-corrected chi connectivity index (χ1v) is 8.92. The van der Waals surface area contributed by atoms with Crippen LogP contribution in [-0.4, -0.2) is 55.1 Å². The molecule has 7 heteroatoms. The van der Waals surface area contributed by atoms with E-state index in [1.165, 1.54) is 0 Å². The number of piperazine rings is 1. The van der Waals surface area contributed by atoms with Crippen molar-refractivity contribution >= 4 is 17.4 Å². The van der Waals surface area contributed by atoms with E-state index in [1.54, 1.807) is 37.4 Å². The number of ether oxygens (including phenoxy) is 1. The average molecular weight is 365 g/mol. The van der Waals surface area contributed by atoms with E-state index in [0.717, 1.165) is 32.0 Å². The van der Waals surface area contributed by atoms with Gasteiger partial charge < -0.3 is 19.9 Å². The third-order valence-electron chi connectivity index (χ3n) is 4.51. The molecule has 1 aromatic heterocycles. The fourth-order valence-electron chi connectivity index (χ4n) is 2.79. The van der Waals surface area contributed by atoms with E-state index in [-0.39, 0.29) is 5.91 Å².